The van der Waals surface area contributed by atoms with Crippen molar-refractivity contribution in [2.24, 2.45) is 0 Å². The highest BCUT2D eigenvalue weighted by molar-refractivity contribution is 9.10. The van der Waals surface area contributed by atoms with Crippen molar-refractivity contribution in [1.29, 1.82) is 0 Å². The number of para-hydroxylation sites is 1. The van der Waals surface area contributed by atoms with Crippen LogP contribution in [-0.4, -0.2) is 15.5 Å². The van der Waals surface area contributed by atoms with Gasteiger partial charge in [0.25, 0.3) is 0 Å². The summed E-state index contributed by atoms with van der Waals surface area (Å²) in [5.74, 6) is 0.804. The molecular weight excluding hydrogens is 338 g/mol. The molecule has 0 fully saturated rings. The van der Waals surface area contributed by atoms with Crippen molar-refractivity contribution < 1.29 is 0 Å². The van der Waals surface area contributed by atoms with Crippen LogP contribution in [0.3, 0.4) is 0 Å². The molecule has 0 atom stereocenters. The predicted octanol–water partition coefficient (Wildman–Crippen LogP) is 5.27. The first kappa shape index (κ1) is 15.0. The molecule has 3 aromatic rings. The lowest BCUT2D eigenvalue weighted by Crippen LogP contribution is -2.27. The third-order valence-corrected chi connectivity index (χ3v) is 3.83. The molecular formula is C18H18BrN3. The van der Waals surface area contributed by atoms with Crippen molar-refractivity contribution in [2.45, 2.75) is 26.3 Å². The summed E-state index contributed by atoms with van der Waals surface area (Å²) >= 11 is 3.56. The second-order valence-electron chi connectivity index (χ2n) is 6.27. The van der Waals surface area contributed by atoms with Gasteiger partial charge in [-0.05, 0) is 48.8 Å². The maximum absolute atomic E-state index is 4.84. The van der Waals surface area contributed by atoms with Crippen LogP contribution in [0.15, 0.2) is 53.0 Å². The largest absolute Gasteiger partial charge is 0.364 e. The fraction of sp³-hybridized carbons (Fsp3) is 0.222. The summed E-state index contributed by atoms with van der Waals surface area (Å²) in [7, 11) is 0. The first-order chi connectivity index (χ1) is 10.4. The molecule has 0 aliphatic rings. The molecule has 0 unspecified atom stereocenters. The summed E-state index contributed by atoms with van der Waals surface area (Å²) in [5, 5.41) is 3.47. The summed E-state index contributed by atoms with van der Waals surface area (Å²) in [6, 6.07) is 16.1. The minimum absolute atomic E-state index is 0.0901. The topological polar surface area (TPSA) is 37.8 Å². The average molecular weight is 356 g/mol. The Kier molecular flexibility index (Phi) is 3.87. The molecule has 0 amide bonds. The molecule has 1 heterocycles. The molecule has 2 aromatic carbocycles. The minimum atomic E-state index is -0.0901. The van der Waals surface area contributed by atoms with Gasteiger partial charge in [0.2, 0.25) is 0 Å². The Morgan fingerprint density at radius 2 is 1.64 bits per heavy atom. The molecule has 112 valence electrons. The van der Waals surface area contributed by atoms with E-state index in [1.807, 2.05) is 36.4 Å². The Hall–Kier alpha value is -1.94. The van der Waals surface area contributed by atoms with Crippen LogP contribution in [0.1, 0.15) is 20.8 Å². The zero-order valence-corrected chi connectivity index (χ0v) is 14.5. The van der Waals surface area contributed by atoms with Crippen molar-refractivity contribution in [2.75, 3.05) is 5.32 Å². The van der Waals surface area contributed by atoms with Gasteiger partial charge in [-0.25, -0.2) is 9.97 Å². The minimum Gasteiger partial charge on any atom is -0.364 e. The quantitative estimate of drug-likeness (QED) is 0.680. The third kappa shape index (κ3) is 3.12. The van der Waals surface area contributed by atoms with E-state index in [9.17, 15) is 0 Å². The second kappa shape index (κ2) is 5.69. The van der Waals surface area contributed by atoms with E-state index in [0.29, 0.717) is 0 Å². The van der Waals surface area contributed by atoms with Crippen molar-refractivity contribution in [3.8, 4) is 11.3 Å². The van der Waals surface area contributed by atoms with E-state index in [1.165, 1.54) is 0 Å². The van der Waals surface area contributed by atoms with Gasteiger partial charge in [0.05, 0.1) is 5.52 Å². The molecule has 3 rings (SSSR count). The van der Waals surface area contributed by atoms with Crippen LogP contribution < -0.4 is 5.32 Å². The number of halogens is 1. The molecule has 22 heavy (non-hydrogen) atoms. The molecule has 0 spiro atoms. The number of fused-ring (bicyclic) bond motifs is 1. The van der Waals surface area contributed by atoms with E-state index >= 15 is 0 Å². The Morgan fingerprint density at radius 3 is 2.32 bits per heavy atom. The summed E-state index contributed by atoms with van der Waals surface area (Å²) in [5.41, 5.74) is 3.60. The van der Waals surface area contributed by atoms with Gasteiger partial charge < -0.3 is 5.32 Å². The van der Waals surface area contributed by atoms with Crippen LogP contribution in [0.5, 0.6) is 0 Å². The smallest absolute Gasteiger partial charge is 0.153 e. The number of hydrogen-bond acceptors (Lipinski definition) is 3. The molecule has 0 saturated heterocycles. The van der Waals surface area contributed by atoms with E-state index in [2.05, 4.69) is 54.2 Å². The SMILES string of the molecule is CC(C)(C)Nc1nc2c(Br)cccc2nc1-c1ccccc1. The monoisotopic (exact) mass is 355 g/mol. The molecule has 4 heteroatoms. The summed E-state index contributed by atoms with van der Waals surface area (Å²) in [6.45, 7) is 6.36. The van der Waals surface area contributed by atoms with E-state index in [0.717, 1.165) is 32.6 Å². The Balaban J connectivity index is 2.26. The van der Waals surface area contributed by atoms with Crippen LogP contribution in [0.2, 0.25) is 0 Å². The van der Waals surface area contributed by atoms with Crippen LogP contribution in [0.4, 0.5) is 5.82 Å². The normalized spacial score (nSPS) is 11.6. The average Bonchev–Trinajstić information content (AvgIpc) is 2.47. The molecule has 1 N–H and O–H groups in total. The molecule has 0 saturated carbocycles. The van der Waals surface area contributed by atoms with Crippen molar-refractivity contribution in [3.05, 3.63) is 53.0 Å². The number of rotatable bonds is 2. The van der Waals surface area contributed by atoms with Crippen molar-refractivity contribution in [1.82, 2.24) is 9.97 Å². The molecule has 0 aliphatic heterocycles. The first-order valence-corrected chi connectivity index (χ1v) is 8.03. The molecule has 3 nitrogen and oxygen atoms in total. The zero-order valence-electron chi connectivity index (χ0n) is 12.9. The number of aromatic nitrogens is 2. The van der Waals surface area contributed by atoms with Gasteiger partial charge in [-0.1, -0.05) is 36.4 Å². The summed E-state index contributed by atoms with van der Waals surface area (Å²) < 4.78 is 0.953. The highest BCUT2D eigenvalue weighted by Crippen LogP contribution is 2.31. The maximum atomic E-state index is 4.84. The standard InChI is InChI=1S/C18H18BrN3/c1-18(2,3)22-17-15(12-8-5-4-6-9-12)20-14-11-7-10-13(19)16(14)21-17/h4-11H,1-3H3,(H,21,22). The van der Waals surface area contributed by atoms with E-state index < -0.39 is 0 Å². The Morgan fingerprint density at radius 1 is 0.909 bits per heavy atom. The highest BCUT2D eigenvalue weighted by atomic mass is 79.9. The number of benzene rings is 2. The van der Waals surface area contributed by atoms with Gasteiger partial charge >= 0.3 is 0 Å². The van der Waals surface area contributed by atoms with Gasteiger partial charge in [-0.15, -0.1) is 0 Å². The molecule has 0 radical (unpaired) electrons. The van der Waals surface area contributed by atoms with Gasteiger partial charge in [0, 0.05) is 15.6 Å². The number of hydrogen-bond donors (Lipinski definition) is 1. The number of nitrogens with one attached hydrogen (secondary N) is 1. The summed E-state index contributed by atoms with van der Waals surface area (Å²) in [4.78, 5) is 9.65. The number of nitrogens with zero attached hydrogens (tertiary/aromatic N) is 2. The highest BCUT2D eigenvalue weighted by Gasteiger charge is 2.17. The van der Waals surface area contributed by atoms with Crippen LogP contribution in [0, 0.1) is 0 Å². The van der Waals surface area contributed by atoms with Crippen LogP contribution >= 0.6 is 15.9 Å². The third-order valence-electron chi connectivity index (χ3n) is 3.19. The van der Waals surface area contributed by atoms with E-state index in [4.69, 9.17) is 9.97 Å². The second-order valence-corrected chi connectivity index (χ2v) is 7.12. The Bertz CT molecular complexity index is 808. The molecule has 0 aliphatic carbocycles. The van der Waals surface area contributed by atoms with Crippen LogP contribution in [0.25, 0.3) is 22.3 Å². The van der Waals surface area contributed by atoms with Gasteiger partial charge in [-0.3, -0.25) is 0 Å². The lowest BCUT2D eigenvalue weighted by molar-refractivity contribution is 0.631. The van der Waals surface area contributed by atoms with Crippen LogP contribution in [-0.2, 0) is 0 Å². The summed E-state index contributed by atoms with van der Waals surface area (Å²) in [6.07, 6.45) is 0. The molecule has 0 bridgehead atoms. The predicted molar refractivity (Wildman–Crippen MR) is 96.0 cm³/mol. The van der Waals surface area contributed by atoms with E-state index in [-0.39, 0.29) is 5.54 Å². The first-order valence-electron chi connectivity index (χ1n) is 7.24. The Labute approximate surface area is 138 Å². The maximum Gasteiger partial charge on any atom is 0.153 e. The van der Waals surface area contributed by atoms with Crippen molar-refractivity contribution in [3.63, 3.8) is 0 Å². The zero-order chi connectivity index (χ0) is 15.7. The number of anilines is 1. The lowest BCUT2D eigenvalue weighted by Gasteiger charge is -2.23. The fourth-order valence-electron chi connectivity index (χ4n) is 2.28. The lowest BCUT2D eigenvalue weighted by atomic mass is 10.1. The van der Waals surface area contributed by atoms with E-state index in [1.54, 1.807) is 0 Å². The van der Waals surface area contributed by atoms with Crippen molar-refractivity contribution >= 4 is 32.8 Å². The molecule has 1 aromatic heterocycles. The van der Waals surface area contributed by atoms with Gasteiger partial charge in [0.15, 0.2) is 5.82 Å². The van der Waals surface area contributed by atoms with Gasteiger partial charge in [0.1, 0.15) is 11.2 Å². The fourth-order valence-corrected chi connectivity index (χ4v) is 2.73. The van der Waals surface area contributed by atoms with Gasteiger partial charge in [-0.2, -0.15) is 0 Å².